The number of nitrogens with two attached hydrogens (primary N) is 1. The topological polar surface area (TPSA) is 168 Å². The molecule has 2 fully saturated rings. The summed E-state index contributed by atoms with van der Waals surface area (Å²) in [4.78, 5) is 49.7. The van der Waals surface area contributed by atoms with E-state index in [4.69, 9.17) is 32.5 Å². The number of β-lactam (4-membered cyclic amide) rings is 1. The van der Waals surface area contributed by atoms with Gasteiger partial charge in [0.15, 0.2) is 0 Å². The van der Waals surface area contributed by atoms with Crippen LogP contribution in [0.25, 0.3) is 0 Å². The van der Waals surface area contributed by atoms with Gasteiger partial charge in [-0.15, -0.1) is 11.8 Å². The minimum absolute atomic E-state index is 0.0568. The van der Waals surface area contributed by atoms with Crippen molar-refractivity contribution in [3.63, 3.8) is 0 Å². The van der Waals surface area contributed by atoms with Crippen molar-refractivity contribution in [2.45, 2.75) is 74.6 Å². The number of rotatable bonds is 11. The molecule has 1 unspecified atom stereocenters. The first kappa shape index (κ1) is 28.7. The van der Waals surface area contributed by atoms with E-state index in [1.165, 1.54) is 37.1 Å². The average Bonchev–Trinajstić information content (AvgIpc) is 2.85. The van der Waals surface area contributed by atoms with Crippen LogP contribution in [0.3, 0.4) is 0 Å². The number of aliphatic carboxylic acids is 2. The van der Waals surface area contributed by atoms with Crippen LogP contribution in [-0.4, -0.2) is 85.1 Å². The van der Waals surface area contributed by atoms with Gasteiger partial charge in [0, 0.05) is 25.0 Å². The van der Waals surface area contributed by atoms with Crippen LogP contribution in [0.15, 0.2) is 11.3 Å². The highest BCUT2D eigenvalue weighted by atomic mass is 32.2. The van der Waals surface area contributed by atoms with Gasteiger partial charge in [0.2, 0.25) is 10.3 Å². The van der Waals surface area contributed by atoms with Crippen molar-refractivity contribution in [2.75, 3.05) is 18.6 Å². The Balaban J connectivity index is 1.62. The quantitative estimate of drug-likeness (QED) is 0.164. The monoisotopic (exact) mass is 561 g/mol. The standard InChI is InChI=1S/C22H31N3O8S3/c1-32-22(24-15(26)9-5-8-14(23)17(27)28)19(31)25-16(18(29)30)12(10-35-20(22)25)11-36-21(34)33-13-6-3-2-4-7-13/h13-14,20H,2-11,23H2,1H3,(H,24,26)(H,27,28)(H,29,30)/t14?,20-,22-/m0/s1. The van der Waals surface area contributed by atoms with Gasteiger partial charge in [-0.2, -0.15) is 0 Å². The molecule has 5 N–H and O–H groups in total. The normalized spacial score (nSPS) is 25.0. The molecule has 200 valence electrons. The van der Waals surface area contributed by atoms with Gasteiger partial charge in [-0.3, -0.25) is 19.3 Å². The summed E-state index contributed by atoms with van der Waals surface area (Å²) < 4.78 is 11.6. The zero-order chi connectivity index (χ0) is 26.5. The summed E-state index contributed by atoms with van der Waals surface area (Å²) in [5, 5.41) is 20.6. The molecule has 0 aromatic rings. The van der Waals surface area contributed by atoms with Crippen LogP contribution in [0.1, 0.15) is 51.4 Å². The summed E-state index contributed by atoms with van der Waals surface area (Å²) in [7, 11) is 1.27. The Morgan fingerprint density at radius 1 is 1.31 bits per heavy atom. The Bertz CT molecular complexity index is 939. The number of nitrogens with one attached hydrogen (secondary N) is 1. The van der Waals surface area contributed by atoms with Gasteiger partial charge >= 0.3 is 11.9 Å². The van der Waals surface area contributed by atoms with Gasteiger partial charge < -0.3 is 30.7 Å². The number of thiocarbonyl (C=S) groups is 1. The third-order valence-corrected chi connectivity index (χ3v) is 9.02. The molecule has 3 rings (SSSR count). The molecule has 2 aliphatic heterocycles. The minimum Gasteiger partial charge on any atom is -0.480 e. The number of hydrogen-bond acceptors (Lipinski definition) is 10. The lowest BCUT2D eigenvalue weighted by molar-refractivity contribution is -0.192. The molecule has 36 heavy (non-hydrogen) atoms. The second-order valence-electron chi connectivity index (χ2n) is 8.84. The van der Waals surface area contributed by atoms with Gasteiger partial charge in [-0.05, 0) is 56.3 Å². The van der Waals surface area contributed by atoms with E-state index in [1.807, 2.05) is 0 Å². The molecule has 0 radical (unpaired) electrons. The number of carbonyl (C=O) groups excluding carboxylic acids is 2. The number of carbonyl (C=O) groups is 4. The molecule has 0 aromatic heterocycles. The number of methoxy groups -OCH3 is 1. The van der Waals surface area contributed by atoms with Crippen molar-refractivity contribution in [1.29, 1.82) is 0 Å². The molecular formula is C22H31N3O8S3. The summed E-state index contributed by atoms with van der Waals surface area (Å²) in [6, 6.07) is -1.08. The molecule has 1 saturated heterocycles. The average molecular weight is 562 g/mol. The van der Waals surface area contributed by atoms with Crippen molar-refractivity contribution in [1.82, 2.24) is 10.2 Å². The summed E-state index contributed by atoms with van der Waals surface area (Å²) in [6.45, 7) is 0. The summed E-state index contributed by atoms with van der Waals surface area (Å²) in [6.07, 6.45) is 5.67. The van der Waals surface area contributed by atoms with Crippen molar-refractivity contribution in [3.05, 3.63) is 11.3 Å². The lowest BCUT2D eigenvalue weighted by Gasteiger charge is -2.55. The lowest BCUT2D eigenvalue weighted by Crippen LogP contribution is -2.80. The number of nitrogens with zero attached hydrogens (tertiary/aromatic N) is 1. The van der Waals surface area contributed by atoms with E-state index in [-0.39, 0.29) is 36.8 Å². The molecule has 3 atom stereocenters. The number of carboxylic acids is 2. The Morgan fingerprint density at radius 3 is 2.61 bits per heavy atom. The van der Waals surface area contributed by atoms with E-state index in [1.54, 1.807) is 0 Å². The zero-order valence-electron chi connectivity index (χ0n) is 19.9. The smallest absolute Gasteiger partial charge is 0.352 e. The summed E-state index contributed by atoms with van der Waals surface area (Å²) in [5.41, 5.74) is 4.16. The lowest BCUT2D eigenvalue weighted by atomic mass is 9.98. The Kier molecular flexibility index (Phi) is 10.0. The van der Waals surface area contributed by atoms with Crippen molar-refractivity contribution in [2.24, 2.45) is 5.73 Å². The van der Waals surface area contributed by atoms with Crippen LogP contribution < -0.4 is 11.1 Å². The SMILES string of the molecule is CO[C@@]1(NC(=O)CCCC(N)C(=O)O)C(=O)N2C(C(=O)O)=C(CSC(=S)OC3CCCCC3)CS[C@H]21. The predicted octanol–water partition coefficient (Wildman–Crippen LogP) is 1.65. The fraction of sp³-hybridized carbons (Fsp3) is 0.682. The first-order valence-electron chi connectivity index (χ1n) is 11.7. The largest absolute Gasteiger partial charge is 0.480 e. The van der Waals surface area contributed by atoms with Crippen LogP contribution >= 0.6 is 35.7 Å². The highest BCUT2D eigenvalue weighted by molar-refractivity contribution is 8.22. The van der Waals surface area contributed by atoms with Gasteiger partial charge in [0.25, 0.3) is 11.6 Å². The van der Waals surface area contributed by atoms with Crippen molar-refractivity contribution >= 4 is 63.9 Å². The third-order valence-electron chi connectivity index (χ3n) is 6.38. The van der Waals surface area contributed by atoms with Crippen LogP contribution in [0.2, 0.25) is 0 Å². The molecule has 2 heterocycles. The van der Waals surface area contributed by atoms with E-state index in [0.717, 1.165) is 30.6 Å². The molecule has 11 nitrogen and oxygen atoms in total. The maximum absolute atomic E-state index is 13.1. The molecule has 0 bridgehead atoms. The second-order valence-corrected chi connectivity index (χ2v) is 11.5. The minimum atomic E-state index is -1.70. The van der Waals surface area contributed by atoms with Gasteiger partial charge in [0.1, 0.15) is 23.2 Å². The molecule has 3 aliphatic rings. The van der Waals surface area contributed by atoms with E-state index >= 15 is 0 Å². The van der Waals surface area contributed by atoms with Crippen molar-refractivity contribution in [3.8, 4) is 0 Å². The Morgan fingerprint density at radius 2 is 2.00 bits per heavy atom. The zero-order valence-corrected chi connectivity index (χ0v) is 22.3. The van der Waals surface area contributed by atoms with Crippen LogP contribution in [0, 0.1) is 0 Å². The van der Waals surface area contributed by atoms with Gasteiger partial charge in [-0.1, -0.05) is 18.2 Å². The molecule has 2 amide bonds. The predicted molar refractivity (Wildman–Crippen MR) is 138 cm³/mol. The number of amides is 2. The van der Waals surface area contributed by atoms with E-state index in [0.29, 0.717) is 15.7 Å². The molecule has 0 spiro atoms. The number of thioether (sulfide) groups is 2. The number of fused-ring (bicyclic) bond motifs is 1. The highest BCUT2D eigenvalue weighted by Gasteiger charge is 2.66. The Hall–Kier alpha value is -1.87. The van der Waals surface area contributed by atoms with Crippen LogP contribution in [-0.2, 0) is 28.7 Å². The number of carboxylic acid groups (broad SMARTS) is 2. The third kappa shape index (κ3) is 6.33. The Labute approximate surface area is 222 Å². The van der Waals surface area contributed by atoms with E-state index in [9.17, 15) is 24.3 Å². The van der Waals surface area contributed by atoms with Crippen LogP contribution in [0.5, 0.6) is 0 Å². The fourth-order valence-electron chi connectivity index (χ4n) is 4.43. The first-order valence-corrected chi connectivity index (χ1v) is 14.1. The van der Waals surface area contributed by atoms with Crippen LogP contribution in [0.4, 0.5) is 0 Å². The van der Waals surface area contributed by atoms with E-state index in [2.05, 4.69) is 5.32 Å². The summed E-state index contributed by atoms with van der Waals surface area (Å²) >= 11 is 7.87. The molecule has 0 aromatic carbocycles. The maximum Gasteiger partial charge on any atom is 0.352 e. The number of hydrogen-bond donors (Lipinski definition) is 4. The van der Waals surface area contributed by atoms with E-state index < -0.39 is 40.9 Å². The summed E-state index contributed by atoms with van der Waals surface area (Å²) in [5.74, 6) is -3.03. The van der Waals surface area contributed by atoms with Gasteiger partial charge in [-0.25, -0.2) is 4.79 Å². The molecular weight excluding hydrogens is 530 g/mol. The molecule has 14 heteroatoms. The van der Waals surface area contributed by atoms with Crippen molar-refractivity contribution < 1.29 is 38.9 Å². The van der Waals surface area contributed by atoms with Gasteiger partial charge in [0.05, 0.1) is 0 Å². The first-order chi connectivity index (χ1) is 17.1. The molecule has 1 saturated carbocycles. The number of ether oxygens (including phenoxy) is 2. The highest BCUT2D eigenvalue weighted by Crippen LogP contribution is 2.47. The maximum atomic E-state index is 13.1. The second kappa shape index (κ2) is 12.6. The fourth-order valence-corrected chi connectivity index (χ4v) is 7.04. The molecule has 1 aliphatic carbocycles.